The van der Waals surface area contributed by atoms with Gasteiger partial charge in [0.25, 0.3) is 5.91 Å². The predicted molar refractivity (Wildman–Crippen MR) is 93.4 cm³/mol. The molecular weight excluding hydrogens is 300 g/mol. The smallest absolute Gasteiger partial charge is 0.255 e. The van der Waals surface area contributed by atoms with Gasteiger partial charge < -0.3 is 10.2 Å². The molecule has 1 aliphatic heterocycles. The van der Waals surface area contributed by atoms with Gasteiger partial charge in [0, 0.05) is 18.7 Å². The summed E-state index contributed by atoms with van der Waals surface area (Å²) in [5.74, 6) is -0.178. The number of nitrogens with zero attached hydrogens (tertiary/aromatic N) is 1. The summed E-state index contributed by atoms with van der Waals surface area (Å²) in [6.07, 6.45) is 1.96. The number of nitrogens with one attached hydrogen (secondary N) is 1. The first-order chi connectivity index (χ1) is 11.7. The van der Waals surface area contributed by atoms with E-state index in [4.69, 9.17) is 0 Å². The minimum Gasteiger partial charge on any atom is -0.354 e. The zero-order valence-corrected chi connectivity index (χ0v) is 13.9. The average molecular weight is 322 g/mol. The summed E-state index contributed by atoms with van der Waals surface area (Å²) in [5.41, 5.74) is 2.45. The van der Waals surface area contributed by atoms with Gasteiger partial charge in [0.1, 0.15) is 6.04 Å². The van der Waals surface area contributed by atoms with Crippen LogP contribution in [0.15, 0.2) is 54.6 Å². The first-order valence-electron chi connectivity index (χ1n) is 8.44. The van der Waals surface area contributed by atoms with E-state index in [0.29, 0.717) is 18.7 Å². The Morgan fingerprint density at radius 3 is 2.54 bits per heavy atom. The number of hydrogen-bond acceptors (Lipinski definition) is 2. The van der Waals surface area contributed by atoms with Crippen LogP contribution in [0, 0.1) is 0 Å². The predicted octanol–water partition coefficient (Wildman–Crippen LogP) is 3.30. The molecule has 0 aromatic heterocycles. The summed E-state index contributed by atoms with van der Waals surface area (Å²) in [6.45, 7) is 3.16. The quantitative estimate of drug-likeness (QED) is 0.830. The Bertz CT molecular complexity index is 727. The van der Waals surface area contributed by atoms with Crippen molar-refractivity contribution in [2.24, 2.45) is 0 Å². The van der Waals surface area contributed by atoms with Crippen molar-refractivity contribution in [2.75, 3.05) is 6.54 Å². The maximum absolute atomic E-state index is 12.8. The second kappa shape index (κ2) is 7.30. The molecule has 2 aromatic carbocycles. The molecule has 1 unspecified atom stereocenters. The normalized spacial score (nSPS) is 16.1. The summed E-state index contributed by atoms with van der Waals surface area (Å²) in [5, 5.41) is 2.97. The Hall–Kier alpha value is -2.62. The van der Waals surface area contributed by atoms with Gasteiger partial charge in [-0.05, 0) is 23.6 Å². The second-order valence-corrected chi connectivity index (χ2v) is 6.05. The first-order valence-corrected chi connectivity index (χ1v) is 8.44. The molecule has 1 N–H and O–H groups in total. The van der Waals surface area contributed by atoms with Crippen LogP contribution in [0.4, 0.5) is 0 Å². The standard InChI is InChI=1S/C20H22N2O2/c1-2-3-13-21-19(23)18-16-11-7-8-12-17(16)20(24)22(18)14-15-9-5-4-6-10-15/h4-12,18H,2-3,13-14H2,1H3,(H,21,23). The van der Waals surface area contributed by atoms with Crippen LogP contribution in [0.25, 0.3) is 0 Å². The number of carbonyl (C=O) groups excluding carboxylic acids is 2. The van der Waals surface area contributed by atoms with E-state index < -0.39 is 6.04 Å². The molecule has 4 nitrogen and oxygen atoms in total. The molecule has 1 heterocycles. The fourth-order valence-electron chi connectivity index (χ4n) is 3.08. The Kier molecular flexibility index (Phi) is 4.94. The molecule has 0 radical (unpaired) electrons. The fourth-order valence-corrected chi connectivity index (χ4v) is 3.08. The molecular formula is C20H22N2O2. The van der Waals surface area contributed by atoms with Crippen molar-refractivity contribution in [1.82, 2.24) is 10.2 Å². The van der Waals surface area contributed by atoms with Gasteiger partial charge in [0.05, 0.1) is 0 Å². The third-order valence-electron chi connectivity index (χ3n) is 4.33. The number of rotatable bonds is 6. The molecule has 0 spiro atoms. The van der Waals surface area contributed by atoms with E-state index in [2.05, 4.69) is 12.2 Å². The average Bonchev–Trinajstić information content (AvgIpc) is 2.89. The number of amides is 2. The Balaban J connectivity index is 1.88. The van der Waals surface area contributed by atoms with Crippen LogP contribution in [0.2, 0.25) is 0 Å². The van der Waals surface area contributed by atoms with Crippen LogP contribution in [0.5, 0.6) is 0 Å². The Morgan fingerprint density at radius 1 is 1.08 bits per heavy atom. The zero-order chi connectivity index (χ0) is 16.9. The van der Waals surface area contributed by atoms with Crippen molar-refractivity contribution in [2.45, 2.75) is 32.4 Å². The molecule has 3 rings (SSSR count). The van der Waals surface area contributed by atoms with E-state index >= 15 is 0 Å². The molecule has 1 atom stereocenters. The van der Waals surface area contributed by atoms with Gasteiger partial charge in [0.2, 0.25) is 5.91 Å². The number of carbonyl (C=O) groups is 2. The summed E-state index contributed by atoms with van der Waals surface area (Å²) >= 11 is 0. The van der Waals surface area contributed by atoms with Crippen LogP contribution in [0.1, 0.15) is 47.3 Å². The third-order valence-corrected chi connectivity index (χ3v) is 4.33. The van der Waals surface area contributed by atoms with Crippen LogP contribution < -0.4 is 5.32 Å². The monoisotopic (exact) mass is 322 g/mol. The molecule has 0 bridgehead atoms. The lowest BCUT2D eigenvalue weighted by molar-refractivity contribution is -0.125. The van der Waals surface area contributed by atoms with Crippen molar-refractivity contribution in [3.8, 4) is 0 Å². The van der Waals surface area contributed by atoms with E-state index in [1.165, 1.54) is 0 Å². The molecule has 0 fully saturated rings. The largest absolute Gasteiger partial charge is 0.354 e. The lowest BCUT2D eigenvalue weighted by Gasteiger charge is -2.24. The van der Waals surface area contributed by atoms with E-state index in [-0.39, 0.29) is 11.8 Å². The van der Waals surface area contributed by atoms with Gasteiger partial charge in [-0.25, -0.2) is 0 Å². The molecule has 1 aliphatic rings. The maximum atomic E-state index is 12.8. The van der Waals surface area contributed by atoms with E-state index in [0.717, 1.165) is 24.0 Å². The molecule has 0 saturated carbocycles. The topological polar surface area (TPSA) is 49.4 Å². The molecule has 0 aliphatic carbocycles. The first kappa shape index (κ1) is 16.2. The molecule has 24 heavy (non-hydrogen) atoms. The van der Waals surface area contributed by atoms with Crippen LogP contribution >= 0.6 is 0 Å². The number of benzene rings is 2. The lowest BCUT2D eigenvalue weighted by Crippen LogP contribution is -2.39. The highest BCUT2D eigenvalue weighted by Crippen LogP contribution is 2.34. The van der Waals surface area contributed by atoms with E-state index in [1.54, 1.807) is 11.0 Å². The Labute approximate surface area is 142 Å². The number of hydrogen-bond donors (Lipinski definition) is 1. The molecule has 2 aromatic rings. The van der Waals surface area contributed by atoms with Gasteiger partial charge in [0.15, 0.2) is 0 Å². The molecule has 2 amide bonds. The van der Waals surface area contributed by atoms with Gasteiger partial charge in [-0.15, -0.1) is 0 Å². The number of unbranched alkanes of at least 4 members (excludes halogenated alkanes) is 1. The SMILES string of the molecule is CCCCNC(=O)C1c2ccccc2C(=O)N1Cc1ccccc1. The minimum atomic E-state index is -0.550. The van der Waals surface area contributed by atoms with Crippen LogP contribution in [-0.2, 0) is 11.3 Å². The lowest BCUT2D eigenvalue weighted by atomic mass is 10.0. The summed E-state index contributed by atoms with van der Waals surface area (Å²) in [6, 6.07) is 16.6. The molecule has 0 saturated heterocycles. The highest BCUT2D eigenvalue weighted by atomic mass is 16.2. The molecule has 124 valence electrons. The third kappa shape index (κ3) is 3.18. The highest BCUT2D eigenvalue weighted by molar-refractivity contribution is 6.04. The van der Waals surface area contributed by atoms with E-state index in [1.807, 2.05) is 48.5 Å². The second-order valence-electron chi connectivity index (χ2n) is 6.05. The van der Waals surface area contributed by atoms with Crippen molar-refractivity contribution >= 4 is 11.8 Å². The summed E-state index contributed by atoms with van der Waals surface area (Å²) in [4.78, 5) is 27.2. The number of fused-ring (bicyclic) bond motifs is 1. The van der Waals surface area contributed by atoms with Crippen molar-refractivity contribution < 1.29 is 9.59 Å². The van der Waals surface area contributed by atoms with Crippen LogP contribution in [-0.4, -0.2) is 23.3 Å². The van der Waals surface area contributed by atoms with Crippen molar-refractivity contribution in [3.05, 3.63) is 71.3 Å². The summed E-state index contributed by atoms with van der Waals surface area (Å²) in [7, 11) is 0. The summed E-state index contributed by atoms with van der Waals surface area (Å²) < 4.78 is 0. The van der Waals surface area contributed by atoms with Crippen molar-refractivity contribution in [3.63, 3.8) is 0 Å². The van der Waals surface area contributed by atoms with Crippen LogP contribution in [0.3, 0.4) is 0 Å². The van der Waals surface area contributed by atoms with Gasteiger partial charge in [-0.2, -0.15) is 0 Å². The fraction of sp³-hybridized carbons (Fsp3) is 0.300. The molecule has 4 heteroatoms. The van der Waals surface area contributed by atoms with Gasteiger partial charge >= 0.3 is 0 Å². The minimum absolute atomic E-state index is 0.0786. The highest BCUT2D eigenvalue weighted by Gasteiger charge is 2.40. The van der Waals surface area contributed by atoms with Crippen molar-refractivity contribution in [1.29, 1.82) is 0 Å². The van der Waals surface area contributed by atoms with Gasteiger partial charge in [-0.1, -0.05) is 61.9 Å². The Morgan fingerprint density at radius 2 is 1.79 bits per heavy atom. The van der Waals surface area contributed by atoms with Gasteiger partial charge in [-0.3, -0.25) is 9.59 Å². The zero-order valence-electron chi connectivity index (χ0n) is 13.9. The van der Waals surface area contributed by atoms with E-state index in [9.17, 15) is 9.59 Å². The maximum Gasteiger partial charge on any atom is 0.255 e.